The molecular weight excluding hydrogens is 160 g/mol. The Bertz CT molecular complexity index is 178. The van der Waals surface area contributed by atoms with E-state index in [0.29, 0.717) is 23.0 Å². The molecule has 11 heavy (non-hydrogen) atoms. The Morgan fingerprint density at radius 2 is 2.09 bits per heavy atom. The number of fused-ring (bicyclic) bond motifs is 2. The standard InChI is InChI=1S/C9H13ClO/c10-8-3-1-7-5-6(8)2-4-9(7)11/h6-8H,1-5H2. The maximum absolute atomic E-state index is 11.3. The highest BCUT2D eigenvalue weighted by Crippen LogP contribution is 2.40. The summed E-state index contributed by atoms with van der Waals surface area (Å²) >= 11 is 6.12. The molecule has 0 saturated heterocycles. The van der Waals surface area contributed by atoms with Gasteiger partial charge in [0.1, 0.15) is 5.78 Å². The van der Waals surface area contributed by atoms with E-state index in [1.807, 2.05) is 0 Å². The van der Waals surface area contributed by atoms with Crippen molar-refractivity contribution in [3.63, 3.8) is 0 Å². The van der Waals surface area contributed by atoms with Gasteiger partial charge in [-0.25, -0.2) is 0 Å². The molecule has 62 valence electrons. The maximum atomic E-state index is 11.3. The zero-order chi connectivity index (χ0) is 7.84. The number of alkyl halides is 1. The van der Waals surface area contributed by atoms with Crippen LogP contribution in [0, 0.1) is 11.8 Å². The molecule has 3 unspecified atom stereocenters. The van der Waals surface area contributed by atoms with Crippen LogP contribution in [-0.2, 0) is 4.79 Å². The number of Topliss-reactive ketones (excluding diaryl/α,β-unsaturated/α-hetero) is 1. The van der Waals surface area contributed by atoms with Gasteiger partial charge in [-0.05, 0) is 31.6 Å². The predicted molar refractivity (Wildman–Crippen MR) is 44.7 cm³/mol. The number of carbonyl (C=O) groups excluding carboxylic acids is 1. The highest BCUT2D eigenvalue weighted by atomic mass is 35.5. The van der Waals surface area contributed by atoms with Gasteiger partial charge in [0, 0.05) is 17.7 Å². The van der Waals surface area contributed by atoms with Crippen LogP contribution in [0.25, 0.3) is 0 Å². The van der Waals surface area contributed by atoms with Gasteiger partial charge in [0.15, 0.2) is 0 Å². The summed E-state index contributed by atoms with van der Waals surface area (Å²) in [5, 5.41) is 0.361. The summed E-state index contributed by atoms with van der Waals surface area (Å²) in [6.07, 6.45) is 5.02. The van der Waals surface area contributed by atoms with E-state index in [4.69, 9.17) is 11.6 Å². The Morgan fingerprint density at radius 3 is 2.91 bits per heavy atom. The minimum atomic E-state index is 0.361. The van der Waals surface area contributed by atoms with Gasteiger partial charge < -0.3 is 0 Å². The van der Waals surface area contributed by atoms with Crippen molar-refractivity contribution < 1.29 is 4.79 Å². The fourth-order valence-corrected chi connectivity index (χ4v) is 2.70. The summed E-state index contributed by atoms with van der Waals surface area (Å²) in [5.74, 6) is 1.52. The van der Waals surface area contributed by atoms with Crippen molar-refractivity contribution in [1.29, 1.82) is 0 Å². The fraction of sp³-hybridized carbons (Fsp3) is 0.889. The molecule has 0 aromatic rings. The van der Waals surface area contributed by atoms with Gasteiger partial charge in [-0.15, -0.1) is 11.6 Å². The van der Waals surface area contributed by atoms with Gasteiger partial charge in [0.2, 0.25) is 0 Å². The lowest BCUT2D eigenvalue weighted by molar-refractivity contribution is -0.126. The van der Waals surface area contributed by atoms with Crippen molar-refractivity contribution >= 4 is 17.4 Å². The van der Waals surface area contributed by atoms with Gasteiger partial charge >= 0.3 is 0 Å². The molecule has 0 aromatic carbocycles. The quantitative estimate of drug-likeness (QED) is 0.513. The van der Waals surface area contributed by atoms with Crippen LogP contribution in [-0.4, -0.2) is 11.2 Å². The molecule has 2 bridgehead atoms. The molecule has 0 heterocycles. The lowest BCUT2D eigenvalue weighted by Gasteiger charge is -2.36. The SMILES string of the molecule is O=C1CCC2CC1CCC2Cl. The first-order chi connectivity index (χ1) is 5.27. The third-order valence-electron chi connectivity index (χ3n) is 3.11. The number of carbonyl (C=O) groups is 1. The predicted octanol–water partition coefficient (Wildman–Crippen LogP) is 2.37. The number of hydrogen-bond acceptors (Lipinski definition) is 1. The normalized spacial score (nSPS) is 44.1. The summed E-state index contributed by atoms with van der Waals surface area (Å²) in [6.45, 7) is 0. The van der Waals surface area contributed by atoms with Crippen LogP contribution in [0.3, 0.4) is 0 Å². The summed E-state index contributed by atoms with van der Waals surface area (Å²) in [7, 11) is 0. The fourth-order valence-electron chi connectivity index (χ4n) is 2.35. The Kier molecular flexibility index (Phi) is 1.92. The van der Waals surface area contributed by atoms with E-state index in [0.717, 1.165) is 32.1 Å². The van der Waals surface area contributed by atoms with Crippen molar-refractivity contribution in [2.45, 2.75) is 37.5 Å². The number of ketones is 1. The van der Waals surface area contributed by atoms with E-state index in [-0.39, 0.29) is 0 Å². The molecule has 2 rings (SSSR count). The second kappa shape index (κ2) is 2.78. The van der Waals surface area contributed by atoms with Gasteiger partial charge in [-0.1, -0.05) is 0 Å². The van der Waals surface area contributed by atoms with Crippen LogP contribution in [0.1, 0.15) is 32.1 Å². The molecule has 0 radical (unpaired) electrons. The van der Waals surface area contributed by atoms with E-state index >= 15 is 0 Å². The maximum Gasteiger partial charge on any atom is 0.135 e. The largest absolute Gasteiger partial charge is 0.299 e. The molecule has 0 N–H and O–H groups in total. The monoisotopic (exact) mass is 172 g/mol. The molecule has 0 spiro atoms. The Morgan fingerprint density at radius 1 is 1.27 bits per heavy atom. The number of rotatable bonds is 0. The van der Waals surface area contributed by atoms with Crippen LogP contribution in [0.4, 0.5) is 0 Å². The third kappa shape index (κ3) is 1.31. The molecule has 2 aliphatic rings. The molecule has 1 nitrogen and oxygen atoms in total. The van der Waals surface area contributed by atoms with Gasteiger partial charge in [-0.2, -0.15) is 0 Å². The smallest absolute Gasteiger partial charge is 0.135 e. The average molecular weight is 173 g/mol. The zero-order valence-corrected chi connectivity index (χ0v) is 7.31. The molecule has 0 amide bonds. The number of halogens is 1. The van der Waals surface area contributed by atoms with E-state index in [1.54, 1.807) is 0 Å². The van der Waals surface area contributed by atoms with Crippen LogP contribution < -0.4 is 0 Å². The van der Waals surface area contributed by atoms with Gasteiger partial charge in [0.05, 0.1) is 0 Å². The van der Waals surface area contributed by atoms with E-state index in [9.17, 15) is 4.79 Å². The topological polar surface area (TPSA) is 17.1 Å². The van der Waals surface area contributed by atoms with Crippen molar-refractivity contribution in [2.75, 3.05) is 0 Å². The van der Waals surface area contributed by atoms with E-state index in [1.165, 1.54) is 0 Å². The van der Waals surface area contributed by atoms with Gasteiger partial charge in [0.25, 0.3) is 0 Å². The molecule has 0 aliphatic heterocycles. The first kappa shape index (κ1) is 7.60. The average Bonchev–Trinajstić information content (AvgIpc) is 2.02. The summed E-state index contributed by atoms with van der Waals surface area (Å²) in [4.78, 5) is 11.3. The van der Waals surface area contributed by atoms with Crippen molar-refractivity contribution in [3.8, 4) is 0 Å². The van der Waals surface area contributed by atoms with E-state index in [2.05, 4.69) is 0 Å². The minimum Gasteiger partial charge on any atom is -0.299 e. The lowest BCUT2D eigenvalue weighted by Crippen LogP contribution is -2.34. The highest BCUT2D eigenvalue weighted by molar-refractivity contribution is 6.20. The first-order valence-corrected chi connectivity index (χ1v) is 4.88. The number of hydrogen-bond donors (Lipinski definition) is 0. The summed E-state index contributed by atoms with van der Waals surface area (Å²) in [6, 6.07) is 0. The molecule has 2 fully saturated rings. The first-order valence-electron chi connectivity index (χ1n) is 4.44. The van der Waals surface area contributed by atoms with Crippen LogP contribution in [0.15, 0.2) is 0 Å². The second-order valence-electron chi connectivity index (χ2n) is 3.79. The highest BCUT2D eigenvalue weighted by Gasteiger charge is 2.36. The zero-order valence-electron chi connectivity index (χ0n) is 6.55. The minimum absolute atomic E-state index is 0.361. The Labute approximate surface area is 72.1 Å². The molecule has 2 saturated carbocycles. The van der Waals surface area contributed by atoms with E-state index < -0.39 is 0 Å². The molecule has 0 aromatic heterocycles. The summed E-state index contributed by atoms with van der Waals surface area (Å²) < 4.78 is 0. The van der Waals surface area contributed by atoms with Crippen LogP contribution in [0.2, 0.25) is 0 Å². The molecular formula is C9H13ClO. The Hall–Kier alpha value is -0.0400. The Balaban J connectivity index is 2.08. The van der Waals surface area contributed by atoms with Crippen molar-refractivity contribution in [1.82, 2.24) is 0 Å². The molecule has 2 aliphatic carbocycles. The van der Waals surface area contributed by atoms with Crippen LogP contribution >= 0.6 is 11.6 Å². The van der Waals surface area contributed by atoms with Gasteiger partial charge in [-0.3, -0.25) is 4.79 Å². The van der Waals surface area contributed by atoms with Crippen molar-refractivity contribution in [3.05, 3.63) is 0 Å². The van der Waals surface area contributed by atoms with Crippen LogP contribution in [0.5, 0.6) is 0 Å². The molecule has 3 atom stereocenters. The summed E-state index contributed by atoms with van der Waals surface area (Å²) in [5.41, 5.74) is 0. The third-order valence-corrected chi connectivity index (χ3v) is 3.68. The second-order valence-corrected chi connectivity index (χ2v) is 4.35. The van der Waals surface area contributed by atoms with Crippen molar-refractivity contribution in [2.24, 2.45) is 11.8 Å². The molecule has 2 heteroatoms. The lowest BCUT2D eigenvalue weighted by atomic mass is 9.71.